The highest BCUT2D eigenvalue weighted by atomic mass is 35.5. The minimum Gasteiger partial charge on any atom is -0.350 e. The van der Waals surface area contributed by atoms with Crippen LogP contribution in [0.1, 0.15) is 35.6 Å². The Morgan fingerprint density at radius 1 is 1.38 bits per heavy atom. The number of carbonyl (C=O) groups is 1. The van der Waals surface area contributed by atoms with E-state index in [9.17, 15) is 18.0 Å². The van der Waals surface area contributed by atoms with Crippen LogP contribution < -0.4 is 5.32 Å². The molecule has 1 atom stereocenters. The van der Waals surface area contributed by atoms with Gasteiger partial charge in [0.1, 0.15) is 6.04 Å². The van der Waals surface area contributed by atoms with Crippen LogP contribution in [-0.4, -0.2) is 25.5 Å². The minimum atomic E-state index is -4.67. The molecular weight excluding hydrogens is 347 g/mol. The Labute approximate surface area is 141 Å². The predicted octanol–water partition coefficient (Wildman–Crippen LogP) is 2.78. The second-order valence-corrected chi connectivity index (χ2v) is 5.88. The van der Waals surface area contributed by atoms with Gasteiger partial charge >= 0.3 is 6.18 Å². The lowest BCUT2D eigenvalue weighted by molar-refractivity contribution is -0.141. The van der Waals surface area contributed by atoms with Crippen LogP contribution in [0.15, 0.2) is 6.20 Å². The zero-order chi connectivity index (χ0) is 18.2. The largest absolute Gasteiger partial charge is 0.436 e. The highest BCUT2D eigenvalue weighted by Crippen LogP contribution is 2.36. The van der Waals surface area contributed by atoms with Gasteiger partial charge in [-0.2, -0.15) is 23.4 Å². The third kappa shape index (κ3) is 3.55. The van der Waals surface area contributed by atoms with Crippen LogP contribution in [0, 0.1) is 13.8 Å². The Bertz CT molecular complexity index is 765. The lowest BCUT2D eigenvalue weighted by Gasteiger charge is -2.14. The van der Waals surface area contributed by atoms with Gasteiger partial charge in [-0.25, -0.2) is 0 Å². The highest BCUT2D eigenvalue weighted by Gasteiger charge is 2.39. The van der Waals surface area contributed by atoms with Crippen LogP contribution in [0.5, 0.6) is 0 Å². The third-order valence-corrected chi connectivity index (χ3v) is 4.11. The first kappa shape index (κ1) is 18.3. The molecule has 24 heavy (non-hydrogen) atoms. The smallest absolute Gasteiger partial charge is 0.350 e. The van der Waals surface area contributed by atoms with Gasteiger partial charge in [-0.1, -0.05) is 11.6 Å². The highest BCUT2D eigenvalue weighted by molar-refractivity contribution is 6.32. The number of amides is 1. The van der Waals surface area contributed by atoms with Gasteiger partial charge in [0.2, 0.25) is 5.91 Å². The van der Waals surface area contributed by atoms with Crippen LogP contribution in [-0.2, 0) is 24.6 Å². The van der Waals surface area contributed by atoms with Crippen LogP contribution in [0.25, 0.3) is 0 Å². The van der Waals surface area contributed by atoms with Crippen molar-refractivity contribution in [3.8, 4) is 0 Å². The summed E-state index contributed by atoms with van der Waals surface area (Å²) >= 11 is 5.70. The molecule has 1 unspecified atom stereocenters. The summed E-state index contributed by atoms with van der Waals surface area (Å²) in [6, 6.07) is -0.935. The maximum Gasteiger partial charge on any atom is 0.436 e. The second-order valence-electron chi connectivity index (χ2n) is 5.50. The molecule has 0 saturated heterocycles. The number of nitrogens with one attached hydrogen (secondary N) is 1. The second kappa shape index (κ2) is 6.46. The summed E-state index contributed by atoms with van der Waals surface area (Å²) in [7, 11) is 1.76. The molecule has 0 spiro atoms. The standard InChI is InChI=1S/C14H17ClF3N5O/c1-7-10(6-22(4)20-7)5-19-13(24)9(3)23-8(2)11(15)12(21-23)14(16,17)18/h6,9H,5H2,1-4H3,(H,19,24). The third-order valence-electron chi connectivity index (χ3n) is 3.66. The van der Waals surface area contributed by atoms with Crippen molar-refractivity contribution in [1.29, 1.82) is 0 Å². The van der Waals surface area contributed by atoms with E-state index in [4.69, 9.17) is 11.6 Å². The molecule has 6 nitrogen and oxygen atoms in total. The number of aryl methyl sites for hydroxylation is 2. The van der Waals surface area contributed by atoms with E-state index in [1.165, 1.54) is 13.8 Å². The SMILES string of the molecule is Cc1nn(C)cc1CNC(=O)C(C)n1nc(C(F)(F)F)c(Cl)c1C. The van der Waals surface area contributed by atoms with Crippen LogP contribution in [0.2, 0.25) is 5.02 Å². The quantitative estimate of drug-likeness (QED) is 0.908. The zero-order valence-electron chi connectivity index (χ0n) is 13.6. The molecule has 2 heterocycles. The van der Waals surface area contributed by atoms with E-state index in [-0.39, 0.29) is 12.2 Å². The van der Waals surface area contributed by atoms with E-state index >= 15 is 0 Å². The molecule has 132 valence electrons. The van der Waals surface area contributed by atoms with E-state index in [1.54, 1.807) is 24.9 Å². The summed E-state index contributed by atoms with van der Waals surface area (Å²) in [5, 5.41) is 9.79. The van der Waals surface area contributed by atoms with Crippen molar-refractivity contribution in [2.75, 3.05) is 0 Å². The van der Waals surface area contributed by atoms with E-state index < -0.39 is 28.8 Å². The number of hydrogen-bond donors (Lipinski definition) is 1. The van der Waals surface area contributed by atoms with Gasteiger partial charge < -0.3 is 5.32 Å². The number of alkyl halides is 3. The Balaban J connectivity index is 2.15. The molecular formula is C14H17ClF3N5O. The molecule has 0 aliphatic rings. The summed E-state index contributed by atoms with van der Waals surface area (Å²) in [6.45, 7) is 4.88. The molecule has 0 fully saturated rings. The topological polar surface area (TPSA) is 64.7 Å². The molecule has 0 aliphatic carbocycles. The fraction of sp³-hybridized carbons (Fsp3) is 0.500. The zero-order valence-corrected chi connectivity index (χ0v) is 14.3. The molecule has 1 amide bonds. The maximum absolute atomic E-state index is 12.9. The van der Waals surface area contributed by atoms with E-state index in [0.29, 0.717) is 0 Å². The number of nitrogens with zero attached hydrogens (tertiary/aromatic N) is 4. The van der Waals surface area contributed by atoms with E-state index in [0.717, 1.165) is 15.9 Å². The van der Waals surface area contributed by atoms with Crippen LogP contribution >= 0.6 is 11.6 Å². The fourth-order valence-electron chi connectivity index (χ4n) is 2.32. The Hall–Kier alpha value is -2.03. The predicted molar refractivity (Wildman–Crippen MR) is 81.5 cm³/mol. The molecule has 0 radical (unpaired) electrons. The molecule has 2 aromatic heterocycles. The number of aromatic nitrogens is 4. The lowest BCUT2D eigenvalue weighted by atomic mass is 10.2. The van der Waals surface area contributed by atoms with Crippen LogP contribution in [0.3, 0.4) is 0 Å². The van der Waals surface area contributed by atoms with Crippen molar-refractivity contribution in [2.24, 2.45) is 7.05 Å². The lowest BCUT2D eigenvalue weighted by Crippen LogP contribution is -2.31. The summed E-state index contributed by atoms with van der Waals surface area (Å²) < 4.78 is 41.2. The average molecular weight is 364 g/mol. The molecule has 0 saturated carbocycles. The van der Waals surface area contributed by atoms with E-state index in [1.807, 2.05) is 0 Å². The van der Waals surface area contributed by atoms with Crippen molar-refractivity contribution in [3.05, 3.63) is 33.9 Å². The van der Waals surface area contributed by atoms with Gasteiger partial charge in [-0.15, -0.1) is 0 Å². The molecule has 10 heteroatoms. The number of halogens is 4. The van der Waals surface area contributed by atoms with Gasteiger partial charge in [0.05, 0.1) is 16.4 Å². The molecule has 0 bridgehead atoms. The Kier molecular flexibility index (Phi) is 4.93. The van der Waals surface area contributed by atoms with Crippen molar-refractivity contribution in [1.82, 2.24) is 24.9 Å². The Morgan fingerprint density at radius 2 is 2.00 bits per heavy atom. The minimum absolute atomic E-state index is 0.0872. The van der Waals surface area contributed by atoms with Gasteiger partial charge in [-0.05, 0) is 20.8 Å². The first-order chi connectivity index (χ1) is 11.0. The summed E-state index contributed by atoms with van der Waals surface area (Å²) in [5.74, 6) is -0.464. The Morgan fingerprint density at radius 3 is 2.46 bits per heavy atom. The first-order valence-electron chi connectivity index (χ1n) is 7.11. The van der Waals surface area contributed by atoms with Crippen LogP contribution in [0.4, 0.5) is 13.2 Å². The summed E-state index contributed by atoms with van der Waals surface area (Å²) in [4.78, 5) is 12.2. The maximum atomic E-state index is 12.9. The first-order valence-corrected chi connectivity index (χ1v) is 7.48. The van der Waals surface area contributed by atoms with Crippen molar-refractivity contribution >= 4 is 17.5 Å². The average Bonchev–Trinajstić information content (AvgIpc) is 2.95. The number of hydrogen-bond acceptors (Lipinski definition) is 3. The molecule has 1 N–H and O–H groups in total. The monoisotopic (exact) mass is 363 g/mol. The summed E-state index contributed by atoms with van der Waals surface area (Å²) in [6.07, 6.45) is -2.91. The van der Waals surface area contributed by atoms with Gasteiger partial charge in [-0.3, -0.25) is 14.2 Å². The number of rotatable bonds is 4. The van der Waals surface area contributed by atoms with E-state index in [2.05, 4.69) is 15.5 Å². The molecule has 0 aromatic carbocycles. The molecule has 0 aliphatic heterocycles. The molecule has 2 aromatic rings. The fourth-order valence-corrected chi connectivity index (χ4v) is 2.55. The van der Waals surface area contributed by atoms with Crippen molar-refractivity contribution < 1.29 is 18.0 Å². The van der Waals surface area contributed by atoms with Crippen molar-refractivity contribution in [2.45, 2.75) is 39.5 Å². The normalized spacial score (nSPS) is 13.2. The number of carbonyl (C=O) groups excluding carboxylic acids is 1. The van der Waals surface area contributed by atoms with Gasteiger partial charge in [0.15, 0.2) is 5.69 Å². The van der Waals surface area contributed by atoms with Crippen molar-refractivity contribution in [3.63, 3.8) is 0 Å². The van der Waals surface area contributed by atoms with Gasteiger partial charge in [0.25, 0.3) is 0 Å². The summed E-state index contributed by atoms with van der Waals surface area (Å²) in [5.41, 5.74) is 0.487. The molecule has 2 rings (SSSR count). The van der Waals surface area contributed by atoms with Gasteiger partial charge in [0, 0.05) is 25.4 Å².